The Morgan fingerprint density at radius 2 is 2.07 bits per heavy atom. The summed E-state index contributed by atoms with van der Waals surface area (Å²) in [4.78, 5) is 21.5. The number of piperazine rings is 1. The summed E-state index contributed by atoms with van der Waals surface area (Å²) in [5, 5.41) is 7.19. The molecule has 11 heteroatoms. The number of sulfonamides is 1. The van der Waals surface area contributed by atoms with Gasteiger partial charge in [0.05, 0.1) is 12.2 Å². The topological polar surface area (TPSA) is 124 Å². The van der Waals surface area contributed by atoms with E-state index < -0.39 is 10.0 Å². The quantitative estimate of drug-likeness (QED) is 0.606. The van der Waals surface area contributed by atoms with Gasteiger partial charge in [-0.15, -0.1) is 0 Å². The van der Waals surface area contributed by atoms with Crippen LogP contribution in [0.1, 0.15) is 25.5 Å². The lowest BCUT2D eigenvalue weighted by atomic mass is 10.1. The minimum absolute atomic E-state index is 0.155. The van der Waals surface area contributed by atoms with E-state index in [2.05, 4.69) is 20.4 Å². The number of H-pyrrole nitrogens is 1. The van der Waals surface area contributed by atoms with Crippen molar-refractivity contribution < 1.29 is 17.7 Å². The number of anilines is 1. The number of nitrogens with zero attached hydrogens (tertiary/aromatic N) is 4. The van der Waals surface area contributed by atoms with Gasteiger partial charge < -0.3 is 9.51 Å². The van der Waals surface area contributed by atoms with Crippen molar-refractivity contribution in [1.29, 1.82) is 0 Å². The molecule has 0 unspecified atom stereocenters. The Hall–Kier alpha value is -2.76. The van der Waals surface area contributed by atoms with E-state index in [1.165, 1.54) is 10.5 Å². The van der Waals surface area contributed by atoms with Gasteiger partial charge in [-0.3, -0.25) is 15.0 Å². The van der Waals surface area contributed by atoms with Crippen molar-refractivity contribution >= 4 is 32.8 Å². The lowest BCUT2D eigenvalue weighted by Crippen LogP contribution is -2.50. The number of aromatic nitrogens is 3. The monoisotopic (exact) mass is 432 g/mol. The molecule has 0 atom stereocenters. The molecule has 10 nitrogen and oxygen atoms in total. The lowest BCUT2D eigenvalue weighted by Gasteiger charge is -2.33. The van der Waals surface area contributed by atoms with Crippen molar-refractivity contribution in [2.45, 2.75) is 24.7 Å². The van der Waals surface area contributed by atoms with E-state index in [1.807, 2.05) is 18.7 Å². The molecule has 30 heavy (non-hydrogen) atoms. The third-order valence-corrected chi connectivity index (χ3v) is 7.05. The van der Waals surface area contributed by atoms with Crippen molar-refractivity contribution in [3.05, 3.63) is 36.3 Å². The number of nitrogens with one attached hydrogen (secondary N) is 2. The molecule has 1 saturated heterocycles. The maximum atomic E-state index is 13.1. The van der Waals surface area contributed by atoms with Crippen LogP contribution in [0.2, 0.25) is 0 Å². The van der Waals surface area contributed by atoms with Gasteiger partial charge in [0, 0.05) is 50.0 Å². The first kappa shape index (κ1) is 20.5. The largest absolute Gasteiger partial charge is 0.345 e. The molecule has 1 aliphatic heterocycles. The normalized spacial score (nSPS) is 16.4. The molecule has 2 N–H and O–H groups in total. The van der Waals surface area contributed by atoms with Crippen LogP contribution in [0.3, 0.4) is 0 Å². The second kappa shape index (κ2) is 8.17. The highest BCUT2D eigenvalue weighted by atomic mass is 32.2. The lowest BCUT2D eigenvalue weighted by molar-refractivity contribution is -0.117. The van der Waals surface area contributed by atoms with Crippen LogP contribution in [0.25, 0.3) is 11.0 Å². The number of amides is 1. The molecular formula is C19H24N6O4S. The van der Waals surface area contributed by atoms with E-state index in [4.69, 9.17) is 4.52 Å². The van der Waals surface area contributed by atoms with Gasteiger partial charge in [0.15, 0.2) is 0 Å². The molecule has 3 aromatic rings. The third kappa shape index (κ3) is 4.09. The van der Waals surface area contributed by atoms with E-state index in [-0.39, 0.29) is 23.3 Å². The van der Waals surface area contributed by atoms with Gasteiger partial charge in [0.2, 0.25) is 21.8 Å². The Labute approximate surface area is 174 Å². The summed E-state index contributed by atoms with van der Waals surface area (Å²) < 4.78 is 32.7. The highest BCUT2D eigenvalue weighted by molar-refractivity contribution is 7.89. The summed E-state index contributed by atoms with van der Waals surface area (Å²) >= 11 is 0. The number of carbonyl (C=O) groups is 1. The highest BCUT2D eigenvalue weighted by Crippen LogP contribution is 2.25. The number of aromatic amines is 1. The van der Waals surface area contributed by atoms with E-state index in [0.29, 0.717) is 43.1 Å². The zero-order chi connectivity index (χ0) is 21.3. The van der Waals surface area contributed by atoms with Gasteiger partial charge in [0.1, 0.15) is 10.5 Å². The second-order valence-corrected chi connectivity index (χ2v) is 9.46. The molecular weight excluding hydrogens is 408 g/mol. The number of hydrogen-bond donors (Lipinski definition) is 2. The Kier molecular flexibility index (Phi) is 5.58. The molecule has 0 saturated carbocycles. The standard InChI is InChI=1S/C19H24N6O4S/c1-13(2)15-10-18(29-23-15)22-17(26)12-24-6-8-25(9-7-24)30(27,28)16-11-21-19-14(16)4-3-5-20-19/h3-5,10-11,13H,6-9,12H2,1-2H3,(H,20,21)(H,22,26). The molecule has 4 rings (SSSR count). The van der Waals surface area contributed by atoms with Gasteiger partial charge in [-0.25, -0.2) is 13.4 Å². The Morgan fingerprint density at radius 3 is 2.77 bits per heavy atom. The van der Waals surface area contributed by atoms with Crippen LogP contribution in [-0.2, 0) is 14.8 Å². The molecule has 160 valence electrons. The number of carbonyl (C=O) groups excluding carboxylic acids is 1. The van der Waals surface area contributed by atoms with Gasteiger partial charge >= 0.3 is 0 Å². The van der Waals surface area contributed by atoms with Crippen LogP contribution in [0.4, 0.5) is 5.88 Å². The fraction of sp³-hybridized carbons (Fsp3) is 0.421. The first-order valence-corrected chi connectivity index (χ1v) is 11.2. The SMILES string of the molecule is CC(C)c1cc(NC(=O)CN2CCN(S(=O)(=O)c3c[nH]c4ncccc34)CC2)on1. The second-order valence-electron chi connectivity index (χ2n) is 7.55. The number of rotatable bonds is 6. The summed E-state index contributed by atoms with van der Waals surface area (Å²) in [6.07, 6.45) is 3.09. The van der Waals surface area contributed by atoms with Crippen molar-refractivity contribution in [2.24, 2.45) is 0 Å². The van der Waals surface area contributed by atoms with Crippen LogP contribution in [-0.4, -0.2) is 71.4 Å². The van der Waals surface area contributed by atoms with Crippen LogP contribution in [0.5, 0.6) is 0 Å². The summed E-state index contributed by atoms with van der Waals surface area (Å²) in [5.41, 5.74) is 1.32. The number of hydrogen-bond acceptors (Lipinski definition) is 7. The van der Waals surface area contributed by atoms with Crippen LogP contribution in [0, 0.1) is 0 Å². The summed E-state index contributed by atoms with van der Waals surface area (Å²) in [7, 11) is -3.64. The molecule has 1 fully saturated rings. The molecule has 4 heterocycles. The number of fused-ring (bicyclic) bond motifs is 1. The average Bonchev–Trinajstić information content (AvgIpc) is 3.35. The summed E-state index contributed by atoms with van der Waals surface area (Å²) in [5.74, 6) is 0.306. The molecule has 1 amide bonds. The number of pyridine rings is 1. The minimum Gasteiger partial charge on any atom is -0.345 e. The van der Waals surface area contributed by atoms with Crippen molar-refractivity contribution in [3.63, 3.8) is 0 Å². The average molecular weight is 433 g/mol. The van der Waals surface area contributed by atoms with E-state index in [9.17, 15) is 13.2 Å². The Balaban J connectivity index is 1.34. The first-order chi connectivity index (χ1) is 14.3. The molecule has 0 aromatic carbocycles. The van der Waals surface area contributed by atoms with E-state index in [1.54, 1.807) is 24.4 Å². The molecule has 0 bridgehead atoms. The minimum atomic E-state index is -3.64. The molecule has 1 aliphatic rings. The predicted molar refractivity (Wildman–Crippen MR) is 111 cm³/mol. The summed E-state index contributed by atoms with van der Waals surface area (Å²) in [6, 6.07) is 5.16. The highest BCUT2D eigenvalue weighted by Gasteiger charge is 2.31. The van der Waals surface area contributed by atoms with Gasteiger partial charge in [0.25, 0.3) is 0 Å². The maximum Gasteiger partial charge on any atom is 0.245 e. The van der Waals surface area contributed by atoms with Crippen molar-refractivity contribution in [1.82, 2.24) is 24.3 Å². The summed E-state index contributed by atoms with van der Waals surface area (Å²) in [6.45, 7) is 5.67. The zero-order valence-electron chi connectivity index (χ0n) is 16.8. The molecule has 3 aromatic heterocycles. The van der Waals surface area contributed by atoms with Gasteiger partial charge in [-0.1, -0.05) is 19.0 Å². The fourth-order valence-corrected chi connectivity index (χ4v) is 4.98. The predicted octanol–water partition coefficient (Wildman–Crippen LogP) is 1.62. The Bertz CT molecular complexity index is 1140. The van der Waals surface area contributed by atoms with Gasteiger partial charge in [-0.2, -0.15) is 4.31 Å². The van der Waals surface area contributed by atoms with Crippen LogP contribution >= 0.6 is 0 Å². The molecule has 0 radical (unpaired) electrons. The molecule has 0 spiro atoms. The maximum absolute atomic E-state index is 13.1. The fourth-order valence-electron chi connectivity index (χ4n) is 3.41. The van der Waals surface area contributed by atoms with E-state index >= 15 is 0 Å². The van der Waals surface area contributed by atoms with Crippen LogP contribution < -0.4 is 5.32 Å². The third-order valence-electron chi connectivity index (χ3n) is 5.11. The zero-order valence-corrected chi connectivity index (χ0v) is 17.6. The van der Waals surface area contributed by atoms with Crippen LogP contribution in [0.15, 0.2) is 40.0 Å². The smallest absolute Gasteiger partial charge is 0.245 e. The van der Waals surface area contributed by atoms with E-state index in [0.717, 1.165) is 5.69 Å². The van der Waals surface area contributed by atoms with Crippen molar-refractivity contribution in [2.75, 3.05) is 38.0 Å². The Morgan fingerprint density at radius 1 is 1.30 bits per heavy atom. The first-order valence-electron chi connectivity index (χ1n) is 9.75. The van der Waals surface area contributed by atoms with Gasteiger partial charge in [-0.05, 0) is 18.1 Å². The molecule has 0 aliphatic carbocycles. The van der Waals surface area contributed by atoms with Crippen molar-refractivity contribution in [3.8, 4) is 0 Å².